The van der Waals surface area contributed by atoms with E-state index in [4.69, 9.17) is 5.73 Å². The van der Waals surface area contributed by atoms with Crippen molar-refractivity contribution in [2.75, 3.05) is 5.73 Å². The lowest BCUT2D eigenvalue weighted by atomic mass is 10.1. The second kappa shape index (κ2) is 3.23. The number of halogens is 2. The number of nitrogens with zero attached hydrogens (tertiary/aromatic N) is 1. The van der Waals surface area contributed by atoms with Gasteiger partial charge in [0.05, 0.1) is 11.9 Å². The Morgan fingerprint density at radius 2 is 2.07 bits per heavy atom. The van der Waals surface area contributed by atoms with Crippen LogP contribution in [0.3, 0.4) is 0 Å². The molecule has 0 saturated carbocycles. The first-order valence-electron chi connectivity index (χ1n) is 4.07. The van der Waals surface area contributed by atoms with Crippen LogP contribution < -0.4 is 5.73 Å². The minimum absolute atomic E-state index is 0.0169. The summed E-state index contributed by atoms with van der Waals surface area (Å²) in [6.07, 6.45) is 1.28. The van der Waals surface area contributed by atoms with Gasteiger partial charge in [0.2, 0.25) is 0 Å². The molecule has 0 bridgehead atoms. The highest BCUT2D eigenvalue weighted by atomic mass is 19.1. The first kappa shape index (κ1) is 9.45. The number of aromatic nitrogens is 2. The fourth-order valence-electron chi connectivity index (χ4n) is 1.24. The summed E-state index contributed by atoms with van der Waals surface area (Å²) in [6, 6.07) is 1.59. The third-order valence-electron chi connectivity index (χ3n) is 1.91. The van der Waals surface area contributed by atoms with E-state index in [9.17, 15) is 13.9 Å². The van der Waals surface area contributed by atoms with Crippen molar-refractivity contribution < 1.29 is 13.9 Å². The van der Waals surface area contributed by atoms with Crippen LogP contribution in [0.5, 0.6) is 5.75 Å². The number of phenols is 1. The van der Waals surface area contributed by atoms with Gasteiger partial charge in [-0.05, 0) is 6.07 Å². The zero-order valence-corrected chi connectivity index (χ0v) is 7.46. The normalized spacial score (nSPS) is 10.5. The smallest absolute Gasteiger partial charge is 0.197 e. The summed E-state index contributed by atoms with van der Waals surface area (Å²) in [7, 11) is 0. The molecular formula is C9H7F2N3O. The lowest BCUT2D eigenvalue weighted by Gasteiger charge is -2.02. The zero-order valence-electron chi connectivity index (χ0n) is 7.46. The molecule has 0 aliphatic rings. The van der Waals surface area contributed by atoms with E-state index in [1.54, 1.807) is 0 Å². The fraction of sp³-hybridized carbons (Fsp3) is 0. The van der Waals surface area contributed by atoms with E-state index in [0.29, 0.717) is 6.07 Å². The topological polar surface area (TPSA) is 74.9 Å². The zero-order chi connectivity index (χ0) is 11.0. The monoisotopic (exact) mass is 211 g/mol. The molecule has 78 valence electrons. The lowest BCUT2D eigenvalue weighted by molar-refractivity contribution is 0.430. The number of imidazole rings is 1. The molecule has 2 aromatic rings. The van der Waals surface area contributed by atoms with Gasteiger partial charge in [0.25, 0.3) is 0 Å². The standard InChI is InChI=1S/C9H7F2N3O/c10-4-1-5(8(15)6(11)2-4)7-3-13-9(12)14-7/h1-3,15H,(H3,12,13,14). The average molecular weight is 211 g/mol. The van der Waals surface area contributed by atoms with E-state index < -0.39 is 17.4 Å². The Morgan fingerprint density at radius 3 is 2.67 bits per heavy atom. The highest BCUT2D eigenvalue weighted by molar-refractivity contribution is 5.67. The first-order valence-corrected chi connectivity index (χ1v) is 4.07. The van der Waals surface area contributed by atoms with Crippen LogP contribution in [0.25, 0.3) is 11.3 Å². The molecule has 1 heterocycles. The van der Waals surface area contributed by atoms with Crippen LogP contribution >= 0.6 is 0 Å². The van der Waals surface area contributed by atoms with Crippen LogP contribution in [0.2, 0.25) is 0 Å². The predicted molar refractivity (Wildman–Crippen MR) is 50.0 cm³/mol. The van der Waals surface area contributed by atoms with Gasteiger partial charge in [0.15, 0.2) is 17.5 Å². The first-order chi connectivity index (χ1) is 7.08. The summed E-state index contributed by atoms with van der Waals surface area (Å²) in [5.41, 5.74) is 5.54. The van der Waals surface area contributed by atoms with Crippen molar-refractivity contribution in [2.45, 2.75) is 0 Å². The van der Waals surface area contributed by atoms with E-state index in [1.807, 2.05) is 0 Å². The molecule has 6 heteroatoms. The summed E-state index contributed by atoms with van der Waals surface area (Å²) in [4.78, 5) is 6.22. The molecule has 1 aromatic heterocycles. The Balaban J connectivity index is 2.62. The van der Waals surface area contributed by atoms with Crippen molar-refractivity contribution in [3.8, 4) is 17.0 Å². The van der Waals surface area contributed by atoms with Gasteiger partial charge < -0.3 is 15.8 Å². The molecule has 0 fully saturated rings. The molecule has 1 aromatic carbocycles. The number of aromatic hydroxyl groups is 1. The van der Waals surface area contributed by atoms with Gasteiger partial charge in [-0.1, -0.05) is 0 Å². The van der Waals surface area contributed by atoms with Crippen molar-refractivity contribution in [1.29, 1.82) is 0 Å². The molecule has 0 aliphatic heterocycles. The summed E-state index contributed by atoms with van der Waals surface area (Å²) < 4.78 is 25.9. The molecule has 4 nitrogen and oxygen atoms in total. The second-order valence-corrected chi connectivity index (χ2v) is 2.97. The third kappa shape index (κ3) is 1.61. The minimum atomic E-state index is -1.03. The van der Waals surface area contributed by atoms with Crippen molar-refractivity contribution in [1.82, 2.24) is 9.97 Å². The van der Waals surface area contributed by atoms with Gasteiger partial charge >= 0.3 is 0 Å². The maximum atomic E-state index is 13.0. The number of anilines is 1. The van der Waals surface area contributed by atoms with E-state index in [-0.39, 0.29) is 17.2 Å². The molecular weight excluding hydrogens is 204 g/mol. The molecule has 15 heavy (non-hydrogen) atoms. The van der Waals surface area contributed by atoms with Crippen LogP contribution in [0.1, 0.15) is 0 Å². The van der Waals surface area contributed by atoms with Crippen molar-refractivity contribution >= 4 is 5.95 Å². The number of hydrogen-bond donors (Lipinski definition) is 3. The summed E-state index contributed by atoms with van der Waals surface area (Å²) in [5.74, 6) is -2.35. The van der Waals surface area contributed by atoms with Gasteiger partial charge in [0, 0.05) is 11.6 Å². The number of H-pyrrole nitrogens is 1. The Bertz CT molecular complexity index is 510. The van der Waals surface area contributed by atoms with E-state index in [0.717, 1.165) is 6.07 Å². The number of aromatic amines is 1. The number of rotatable bonds is 1. The van der Waals surface area contributed by atoms with Crippen molar-refractivity contribution in [2.24, 2.45) is 0 Å². The maximum Gasteiger partial charge on any atom is 0.197 e. The Morgan fingerprint density at radius 1 is 1.33 bits per heavy atom. The summed E-state index contributed by atoms with van der Waals surface area (Å²) in [5, 5.41) is 9.35. The molecule has 2 rings (SSSR count). The highest BCUT2D eigenvalue weighted by Gasteiger charge is 2.13. The molecule has 0 radical (unpaired) electrons. The van der Waals surface area contributed by atoms with Crippen LogP contribution in [0.4, 0.5) is 14.7 Å². The number of hydrogen-bond acceptors (Lipinski definition) is 3. The number of nitrogen functional groups attached to an aromatic ring is 1. The summed E-state index contributed by atoms with van der Waals surface area (Å²) >= 11 is 0. The van der Waals surface area contributed by atoms with Gasteiger partial charge in [-0.25, -0.2) is 13.8 Å². The van der Waals surface area contributed by atoms with Gasteiger partial charge in [-0.2, -0.15) is 0 Å². The fourth-order valence-corrected chi connectivity index (χ4v) is 1.24. The van der Waals surface area contributed by atoms with Crippen LogP contribution in [-0.2, 0) is 0 Å². The quantitative estimate of drug-likeness (QED) is 0.671. The van der Waals surface area contributed by atoms with Gasteiger partial charge in [0.1, 0.15) is 5.82 Å². The number of nitrogens with two attached hydrogens (primary N) is 1. The predicted octanol–water partition coefficient (Wildman–Crippen LogP) is 1.64. The summed E-state index contributed by atoms with van der Waals surface area (Å²) in [6.45, 7) is 0. The van der Waals surface area contributed by atoms with Crippen molar-refractivity contribution in [3.63, 3.8) is 0 Å². The van der Waals surface area contributed by atoms with Crippen LogP contribution in [-0.4, -0.2) is 15.1 Å². The second-order valence-electron chi connectivity index (χ2n) is 2.97. The minimum Gasteiger partial charge on any atom is -0.504 e. The SMILES string of the molecule is Nc1ncc(-c2cc(F)cc(F)c2O)[nH]1. The molecule has 0 amide bonds. The molecule has 0 saturated heterocycles. The number of benzene rings is 1. The Hall–Kier alpha value is -2.11. The largest absolute Gasteiger partial charge is 0.504 e. The van der Waals surface area contributed by atoms with Crippen LogP contribution in [0, 0.1) is 11.6 Å². The van der Waals surface area contributed by atoms with Gasteiger partial charge in [-0.3, -0.25) is 0 Å². The van der Waals surface area contributed by atoms with Crippen molar-refractivity contribution in [3.05, 3.63) is 30.0 Å². The molecule has 0 aliphatic carbocycles. The average Bonchev–Trinajstić information content (AvgIpc) is 2.58. The van der Waals surface area contributed by atoms with E-state index in [1.165, 1.54) is 6.20 Å². The highest BCUT2D eigenvalue weighted by Crippen LogP contribution is 2.31. The Labute approximate surface area is 83.4 Å². The number of phenolic OH excluding ortho intramolecular Hbond substituents is 1. The third-order valence-corrected chi connectivity index (χ3v) is 1.91. The van der Waals surface area contributed by atoms with Crippen LogP contribution in [0.15, 0.2) is 18.3 Å². The molecule has 0 unspecified atom stereocenters. The molecule has 0 spiro atoms. The molecule has 0 atom stereocenters. The van der Waals surface area contributed by atoms with E-state index in [2.05, 4.69) is 9.97 Å². The van der Waals surface area contributed by atoms with Gasteiger partial charge in [-0.15, -0.1) is 0 Å². The maximum absolute atomic E-state index is 13.0. The van der Waals surface area contributed by atoms with E-state index >= 15 is 0 Å². The number of nitrogens with one attached hydrogen (secondary N) is 1. The molecule has 4 N–H and O–H groups in total. The Kier molecular flexibility index (Phi) is 2.03. The lowest BCUT2D eigenvalue weighted by Crippen LogP contribution is -1.88.